The van der Waals surface area contributed by atoms with E-state index in [9.17, 15) is 19.2 Å². The Morgan fingerprint density at radius 1 is 0.444 bits per heavy atom. The van der Waals surface area contributed by atoms with Crippen molar-refractivity contribution in [2.45, 2.75) is 151 Å². The minimum atomic E-state index is -0.333. The van der Waals surface area contributed by atoms with Gasteiger partial charge in [0, 0.05) is 80.5 Å². The summed E-state index contributed by atoms with van der Waals surface area (Å²) in [6.45, 7) is 30.7. The molecule has 1 aliphatic rings. The molecule has 17 rings (SSSR count). The third kappa shape index (κ3) is 15.3. The number of fused-ring (bicyclic) bond motifs is 8. The number of rotatable bonds is 11. The second-order valence-electron chi connectivity index (χ2n) is 32.5. The van der Waals surface area contributed by atoms with Gasteiger partial charge in [0.1, 0.15) is 82.7 Å². The van der Waals surface area contributed by atoms with Crippen molar-refractivity contribution in [1.29, 1.82) is 0 Å². The summed E-state index contributed by atoms with van der Waals surface area (Å²) in [6.07, 6.45) is 7.78. The van der Waals surface area contributed by atoms with E-state index in [1.807, 2.05) is 142 Å². The first kappa shape index (κ1) is 81.0. The van der Waals surface area contributed by atoms with E-state index in [-0.39, 0.29) is 57.5 Å². The minimum absolute atomic E-state index is 0.0479. The zero-order valence-electron chi connectivity index (χ0n) is 67.0. The Hall–Kier alpha value is -12.6. The van der Waals surface area contributed by atoms with Crippen LogP contribution in [0.1, 0.15) is 158 Å². The SMILES string of the molecule is CC(C)(C)n1nc(-c2[nH]c3cc(C(=O)NC4CC4)ccc3c2Cl)c2c(N)ncnc21.CC(C)NC(=O)c1ccc2c(Cl)c(-c3nn(C(C)(C)C)c4ncnc(N)c34)[nH]c2c1.CCNC(=O)c1ccc2c(Cl)c(-c3nn(C(C)(C)C)c4ncnc(N)c34)[nH]c2c1.CNC(=O)c1ccc2c(Cl)c(-c3nn(C(C)(C)C)c4ncnc(N)c34)[nH]c2n1. The number of hydrogen-bond donors (Lipinski definition) is 12. The molecule has 16 aromatic rings. The van der Waals surface area contributed by atoms with Crippen LogP contribution in [0.2, 0.25) is 20.1 Å². The third-order valence-corrected chi connectivity index (χ3v) is 20.8. The number of nitrogens with two attached hydrogens (primary N) is 4. The van der Waals surface area contributed by atoms with Crippen LogP contribution in [-0.4, -0.2) is 153 Å². The van der Waals surface area contributed by atoms with Gasteiger partial charge in [0.25, 0.3) is 23.6 Å². The molecule has 0 aliphatic heterocycles. The van der Waals surface area contributed by atoms with Gasteiger partial charge >= 0.3 is 0 Å². The fourth-order valence-electron chi connectivity index (χ4n) is 13.4. The summed E-state index contributed by atoms with van der Waals surface area (Å²) in [5.41, 5.74) is 35.3. The predicted molar refractivity (Wildman–Crippen MR) is 460 cm³/mol. The lowest BCUT2D eigenvalue weighted by molar-refractivity contribution is 0.0937. The Labute approximate surface area is 689 Å². The molecule has 0 unspecified atom stereocenters. The smallest absolute Gasteiger partial charge is 0.269 e. The number of H-pyrrole nitrogens is 4. The zero-order chi connectivity index (χ0) is 84.1. The topological polar surface area (TPSA) is 471 Å². The number of carbonyl (C=O) groups is 4. The molecule has 13 heterocycles. The number of hydrogen-bond acceptors (Lipinski definition) is 21. The van der Waals surface area contributed by atoms with Gasteiger partial charge in [-0.1, -0.05) is 64.6 Å². The molecule has 37 heteroatoms. The number of halogens is 4. The van der Waals surface area contributed by atoms with Crippen molar-refractivity contribution >= 4 is 181 Å². The van der Waals surface area contributed by atoms with Gasteiger partial charge in [-0.25, -0.2) is 63.6 Å². The highest BCUT2D eigenvalue weighted by Crippen LogP contribution is 2.45. The quantitative estimate of drug-likeness (QED) is 0.0572. The molecule has 16 N–H and O–H groups in total. The van der Waals surface area contributed by atoms with Gasteiger partial charge in [-0.15, -0.1) is 0 Å². The number of anilines is 4. The second kappa shape index (κ2) is 30.6. The highest BCUT2D eigenvalue weighted by molar-refractivity contribution is 6.41. The van der Waals surface area contributed by atoms with Crippen LogP contribution in [0.4, 0.5) is 23.3 Å². The molecule has 117 heavy (non-hydrogen) atoms. The molecule has 33 nitrogen and oxygen atoms in total. The van der Waals surface area contributed by atoms with Gasteiger partial charge in [-0.05, 0) is 165 Å². The molecule has 0 radical (unpaired) electrons. The summed E-state index contributed by atoms with van der Waals surface area (Å²) in [6, 6.07) is 19.9. The predicted octanol–water partition coefficient (Wildman–Crippen LogP) is 14.4. The Kier molecular flexibility index (Phi) is 21.2. The van der Waals surface area contributed by atoms with Gasteiger partial charge in [-0.3, -0.25) is 19.2 Å². The Morgan fingerprint density at radius 2 is 0.761 bits per heavy atom. The summed E-state index contributed by atoms with van der Waals surface area (Å²) >= 11 is 26.8. The first-order valence-electron chi connectivity index (χ1n) is 37.5. The minimum Gasteiger partial charge on any atom is -0.383 e. The van der Waals surface area contributed by atoms with E-state index in [0.29, 0.717) is 173 Å². The van der Waals surface area contributed by atoms with Crippen LogP contribution in [0.25, 0.3) is 133 Å². The average molecular weight is 1660 g/mol. The number of carbonyl (C=O) groups excluding carboxylic acids is 4. The number of benzene rings is 3. The van der Waals surface area contributed by atoms with Crippen LogP contribution >= 0.6 is 46.4 Å². The van der Waals surface area contributed by atoms with Gasteiger partial charge < -0.3 is 64.1 Å². The Balaban J connectivity index is 0.000000128. The number of nitrogens with zero attached hydrogens (tertiary/aromatic N) is 17. The number of pyridine rings is 1. The van der Waals surface area contributed by atoms with E-state index in [1.54, 1.807) is 54.2 Å². The molecule has 0 saturated heterocycles. The molecule has 3 aromatic carbocycles. The molecule has 13 aromatic heterocycles. The van der Waals surface area contributed by atoms with E-state index >= 15 is 0 Å². The summed E-state index contributed by atoms with van der Waals surface area (Å²) in [7, 11) is 1.55. The lowest BCUT2D eigenvalue weighted by Gasteiger charge is -2.19. The van der Waals surface area contributed by atoms with E-state index in [4.69, 9.17) is 89.7 Å². The maximum atomic E-state index is 12.4. The maximum absolute atomic E-state index is 12.4. The molecule has 1 saturated carbocycles. The second-order valence-corrected chi connectivity index (χ2v) is 34.0. The van der Waals surface area contributed by atoms with Gasteiger partial charge in [0.15, 0.2) is 22.6 Å². The lowest BCUT2D eigenvalue weighted by atomic mass is 10.1. The van der Waals surface area contributed by atoms with Crippen molar-refractivity contribution in [3.8, 4) is 45.6 Å². The Bertz CT molecular complexity index is 6470. The fraction of sp³-hybridized carbons (Fsp3) is 0.312. The number of nitrogen functional groups attached to an aromatic ring is 4. The van der Waals surface area contributed by atoms with Gasteiger partial charge in [0.05, 0.1) is 86.6 Å². The van der Waals surface area contributed by atoms with E-state index in [1.165, 1.54) is 25.3 Å². The molecular weight excluding hydrogens is 1570 g/mol. The third-order valence-electron chi connectivity index (χ3n) is 19.2. The van der Waals surface area contributed by atoms with Crippen molar-refractivity contribution < 1.29 is 19.2 Å². The van der Waals surface area contributed by atoms with Crippen molar-refractivity contribution in [2.24, 2.45) is 0 Å². The molecule has 1 aliphatic carbocycles. The Morgan fingerprint density at radius 3 is 1.08 bits per heavy atom. The number of aromatic nitrogens is 21. The first-order chi connectivity index (χ1) is 55.2. The lowest BCUT2D eigenvalue weighted by Crippen LogP contribution is -2.29. The monoisotopic (exact) mass is 1660 g/mol. The zero-order valence-corrected chi connectivity index (χ0v) is 70.0. The van der Waals surface area contributed by atoms with E-state index in [0.717, 1.165) is 45.6 Å². The van der Waals surface area contributed by atoms with Crippen LogP contribution in [0.15, 0.2) is 92.0 Å². The van der Waals surface area contributed by atoms with Crippen molar-refractivity contribution in [3.05, 3.63) is 135 Å². The summed E-state index contributed by atoms with van der Waals surface area (Å²) in [5, 5.41) is 37.9. The van der Waals surface area contributed by atoms with Gasteiger partial charge in [-0.2, -0.15) is 20.4 Å². The van der Waals surface area contributed by atoms with Crippen LogP contribution in [0.3, 0.4) is 0 Å². The summed E-state index contributed by atoms with van der Waals surface area (Å²) in [4.78, 5) is 100. The molecule has 1 fully saturated rings. The molecule has 4 amide bonds. The number of nitrogens with one attached hydrogen (secondary N) is 8. The molecule has 0 atom stereocenters. The normalized spacial score (nSPS) is 12.7. The van der Waals surface area contributed by atoms with Crippen LogP contribution in [-0.2, 0) is 22.2 Å². The highest BCUT2D eigenvalue weighted by Gasteiger charge is 2.33. The molecule has 0 spiro atoms. The largest absolute Gasteiger partial charge is 0.383 e. The number of aromatic amines is 4. The van der Waals surface area contributed by atoms with E-state index < -0.39 is 0 Å². The van der Waals surface area contributed by atoms with E-state index in [2.05, 4.69) is 86.1 Å². The van der Waals surface area contributed by atoms with Crippen LogP contribution in [0.5, 0.6) is 0 Å². The standard InChI is InChI=1S/C21H22ClN7O.C21H24ClN7O.C20H22ClN7O.C18H19ClN8O/c1-21(2,3)29-19-14(18(23)24-9-25-19)16(28-29)17-15(22)12-7-4-10(8-13(12)27-17)20(30)26-11-5-6-11;1-10(2)26-20(30)11-6-7-12-13(8-11)27-17(15(12)22)16-14-18(23)24-9-25-19(14)29(28-16)21(3,4)5;1-5-23-19(29)10-6-7-11-12(8-10)26-16(14(11)21)15-13-17(22)24-9-25-18(13)28(27-15)20(2,3)4;1-18(2,3)27-16-10(14(20)22-7-23-16)12(26-27)13-11(19)8-5-6-9(17(28)21-4)24-15(8)25-13/h4,7-9,11,27H,5-6H2,1-3H3,(H,26,30)(H2,23,24,25);6-10,27H,1-5H3,(H,26,30)(H2,23,24,25);6-9,26H,5H2,1-4H3,(H,23,29)(H2,22,24,25);5-7H,1-4H3,(H,21,28)(H,24,25)(H2,20,22,23). The fourth-order valence-corrected chi connectivity index (χ4v) is 14.6. The van der Waals surface area contributed by atoms with Gasteiger partial charge in [0.2, 0.25) is 0 Å². The first-order valence-corrected chi connectivity index (χ1v) is 39.0. The summed E-state index contributed by atoms with van der Waals surface area (Å²) in [5.74, 6) is 0.673. The van der Waals surface area contributed by atoms with Crippen LogP contribution in [0, 0.1) is 0 Å². The highest BCUT2D eigenvalue weighted by atomic mass is 35.5. The summed E-state index contributed by atoms with van der Waals surface area (Å²) < 4.78 is 7.25. The molecule has 0 bridgehead atoms. The van der Waals surface area contributed by atoms with Crippen LogP contribution < -0.4 is 44.2 Å². The molecular formula is C80H87Cl4N29O4. The number of amides is 4. The average Bonchev–Trinajstić information content (AvgIpc) is 1.60. The molecule has 604 valence electrons. The van der Waals surface area contributed by atoms with Crippen molar-refractivity contribution in [1.82, 2.24) is 125 Å². The maximum Gasteiger partial charge on any atom is 0.269 e. The van der Waals surface area contributed by atoms with Crippen molar-refractivity contribution in [2.75, 3.05) is 36.5 Å². The van der Waals surface area contributed by atoms with Crippen molar-refractivity contribution in [3.63, 3.8) is 0 Å².